The predicted molar refractivity (Wildman–Crippen MR) is 97.1 cm³/mol. The van der Waals surface area contributed by atoms with Crippen molar-refractivity contribution in [2.24, 2.45) is 0 Å². The van der Waals surface area contributed by atoms with Crippen LogP contribution in [0.3, 0.4) is 0 Å². The number of aryl methyl sites for hydroxylation is 1. The average Bonchev–Trinajstić information content (AvgIpc) is 2.65. The summed E-state index contributed by atoms with van der Waals surface area (Å²) in [6.45, 7) is 3.67. The van der Waals surface area contributed by atoms with Gasteiger partial charge in [0.1, 0.15) is 18.0 Å². The normalized spacial score (nSPS) is 11.9. The maximum absolute atomic E-state index is 12.3. The molecule has 0 N–H and O–H groups in total. The molecule has 0 aliphatic carbocycles. The topological polar surface area (TPSA) is 69.9 Å². The van der Waals surface area contributed by atoms with Crippen molar-refractivity contribution in [1.82, 2.24) is 9.38 Å². The second kappa shape index (κ2) is 7.82. The van der Waals surface area contributed by atoms with E-state index in [1.54, 1.807) is 24.4 Å². The lowest BCUT2D eigenvalue weighted by Gasteiger charge is -2.16. The zero-order valence-corrected chi connectivity index (χ0v) is 14.7. The molecule has 6 heteroatoms. The molecular weight excluding hydrogens is 332 g/mol. The molecule has 2 heterocycles. The second-order valence-corrected chi connectivity index (χ2v) is 5.96. The van der Waals surface area contributed by atoms with Gasteiger partial charge in [-0.05, 0) is 37.1 Å². The minimum Gasteiger partial charge on any atom is -0.479 e. The number of benzene rings is 1. The van der Waals surface area contributed by atoms with Gasteiger partial charge in [0.15, 0.2) is 6.10 Å². The van der Waals surface area contributed by atoms with Crippen LogP contribution < -0.4 is 10.3 Å². The Balaban J connectivity index is 1.69. The first-order valence-electron chi connectivity index (χ1n) is 8.44. The van der Waals surface area contributed by atoms with Crippen molar-refractivity contribution >= 4 is 11.6 Å². The number of hydrogen-bond acceptors (Lipinski definition) is 5. The third kappa shape index (κ3) is 4.08. The van der Waals surface area contributed by atoms with Crippen molar-refractivity contribution in [3.8, 4) is 5.75 Å². The minimum absolute atomic E-state index is 0.0763. The summed E-state index contributed by atoms with van der Waals surface area (Å²) < 4.78 is 12.4. The summed E-state index contributed by atoms with van der Waals surface area (Å²) in [6, 6.07) is 14.1. The molecule has 6 nitrogen and oxygen atoms in total. The molecule has 0 saturated carbocycles. The van der Waals surface area contributed by atoms with Gasteiger partial charge in [0.2, 0.25) is 0 Å². The number of fused-ring (bicyclic) bond motifs is 1. The molecule has 0 bridgehead atoms. The Hall–Kier alpha value is -3.15. The van der Waals surface area contributed by atoms with Gasteiger partial charge >= 0.3 is 5.97 Å². The van der Waals surface area contributed by atoms with Crippen LogP contribution in [0.1, 0.15) is 24.6 Å². The first kappa shape index (κ1) is 17.7. The quantitative estimate of drug-likeness (QED) is 0.638. The van der Waals surface area contributed by atoms with E-state index in [-0.39, 0.29) is 12.2 Å². The highest BCUT2D eigenvalue weighted by molar-refractivity contribution is 5.75. The maximum Gasteiger partial charge on any atom is 0.347 e. The van der Waals surface area contributed by atoms with E-state index in [1.165, 1.54) is 10.5 Å². The Morgan fingerprint density at radius 1 is 1.19 bits per heavy atom. The highest BCUT2D eigenvalue weighted by Gasteiger charge is 2.20. The molecule has 0 radical (unpaired) electrons. The average molecular weight is 352 g/mol. The number of carbonyl (C=O) groups is 1. The van der Waals surface area contributed by atoms with Gasteiger partial charge in [0, 0.05) is 12.3 Å². The van der Waals surface area contributed by atoms with E-state index in [1.807, 2.05) is 38.1 Å². The van der Waals surface area contributed by atoms with Crippen molar-refractivity contribution in [2.45, 2.75) is 33.0 Å². The lowest BCUT2D eigenvalue weighted by molar-refractivity contribution is -0.153. The van der Waals surface area contributed by atoms with Crippen molar-refractivity contribution in [3.05, 3.63) is 76.3 Å². The van der Waals surface area contributed by atoms with Gasteiger partial charge in [0.25, 0.3) is 5.56 Å². The Morgan fingerprint density at radius 3 is 2.69 bits per heavy atom. The van der Waals surface area contributed by atoms with Gasteiger partial charge in [-0.1, -0.05) is 31.2 Å². The lowest BCUT2D eigenvalue weighted by atomic mass is 10.2. The van der Waals surface area contributed by atoms with E-state index in [0.29, 0.717) is 23.5 Å². The summed E-state index contributed by atoms with van der Waals surface area (Å²) in [6.07, 6.45) is 1.49. The molecule has 26 heavy (non-hydrogen) atoms. The lowest BCUT2D eigenvalue weighted by Crippen LogP contribution is -2.29. The molecule has 3 aromatic rings. The SMILES string of the molecule is CC[C@@H](Oc1ccccc1)C(=O)OCc1cc(=O)n2cc(C)ccc2n1. The maximum atomic E-state index is 12.3. The summed E-state index contributed by atoms with van der Waals surface area (Å²) in [5, 5.41) is 0. The molecule has 134 valence electrons. The molecule has 3 rings (SSSR count). The Labute approximate surface area is 151 Å². The Kier molecular flexibility index (Phi) is 5.31. The van der Waals surface area contributed by atoms with Gasteiger partial charge in [-0.25, -0.2) is 9.78 Å². The Morgan fingerprint density at radius 2 is 1.96 bits per heavy atom. The molecule has 0 aliphatic heterocycles. The van der Waals surface area contributed by atoms with Gasteiger partial charge in [-0.2, -0.15) is 0 Å². The van der Waals surface area contributed by atoms with Crippen LogP contribution in [-0.4, -0.2) is 21.5 Å². The molecule has 0 unspecified atom stereocenters. The standard InChI is InChI=1S/C20H20N2O4/c1-3-17(26-16-7-5-4-6-8-16)20(24)25-13-15-11-19(23)22-12-14(2)9-10-18(22)21-15/h4-12,17H,3,13H2,1-2H3/t17-/m1/s1. The largest absolute Gasteiger partial charge is 0.479 e. The molecule has 0 amide bonds. The van der Waals surface area contributed by atoms with Crippen LogP contribution in [0.2, 0.25) is 0 Å². The number of pyridine rings is 1. The van der Waals surface area contributed by atoms with Crippen LogP contribution in [0.15, 0.2) is 59.5 Å². The fourth-order valence-electron chi connectivity index (χ4n) is 2.53. The molecule has 1 atom stereocenters. The van der Waals surface area contributed by atoms with Gasteiger partial charge in [-0.3, -0.25) is 9.20 Å². The van der Waals surface area contributed by atoms with Crippen LogP contribution in [-0.2, 0) is 16.1 Å². The van der Waals surface area contributed by atoms with E-state index in [9.17, 15) is 9.59 Å². The number of ether oxygens (including phenoxy) is 2. The van der Waals surface area contributed by atoms with E-state index < -0.39 is 12.1 Å². The number of hydrogen-bond donors (Lipinski definition) is 0. The number of nitrogens with zero attached hydrogens (tertiary/aromatic N) is 2. The van der Waals surface area contributed by atoms with Crippen LogP contribution in [0.5, 0.6) is 5.75 Å². The molecule has 1 aromatic carbocycles. The first-order valence-corrected chi connectivity index (χ1v) is 8.44. The summed E-state index contributed by atoms with van der Waals surface area (Å²) in [5.74, 6) is 0.121. The fourth-order valence-corrected chi connectivity index (χ4v) is 2.53. The smallest absolute Gasteiger partial charge is 0.347 e. The first-order chi connectivity index (χ1) is 12.6. The van der Waals surface area contributed by atoms with Crippen molar-refractivity contribution in [2.75, 3.05) is 0 Å². The number of carbonyl (C=O) groups excluding carboxylic acids is 1. The molecule has 2 aromatic heterocycles. The van der Waals surface area contributed by atoms with Crippen molar-refractivity contribution < 1.29 is 14.3 Å². The molecule has 0 spiro atoms. The monoisotopic (exact) mass is 352 g/mol. The van der Waals surface area contributed by atoms with Crippen LogP contribution in [0.4, 0.5) is 0 Å². The second-order valence-electron chi connectivity index (χ2n) is 5.96. The number of rotatable bonds is 6. The predicted octanol–water partition coefficient (Wildman–Crippen LogP) is 2.90. The van der Waals surface area contributed by atoms with Gasteiger partial charge in [-0.15, -0.1) is 0 Å². The molecule has 0 aliphatic rings. The van der Waals surface area contributed by atoms with Crippen LogP contribution in [0.25, 0.3) is 5.65 Å². The third-order valence-electron chi connectivity index (χ3n) is 3.88. The Bertz CT molecular complexity index is 966. The zero-order chi connectivity index (χ0) is 18.5. The molecule has 0 saturated heterocycles. The van der Waals surface area contributed by atoms with E-state index in [2.05, 4.69) is 4.98 Å². The summed E-state index contributed by atoms with van der Waals surface area (Å²) in [5.41, 5.74) is 1.67. The van der Waals surface area contributed by atoms with E-state index in [0.717, 1.165) is 5.56 Å². The third-order valence-corrected chi connectivity index (χ3v) is 3.88. The highest BCUT2D eigenvalue weighted by atomic mass is 16.6. The van der Waals surface area contributed by atoms with E-state index >= 15 is 0 Å². The number of para-hydroxylation sites is 1. The van der Waals surface area contributed by atoms with Crippen molar-refractivity contribution in [1.29, 1.82) is 0 Å². The van der Waals surface area contributed by atoms with Crippen LogP contribution in [0, 0.1) is 6.92 Å². The highest BCUT2D eigenvalue weighted by Crippen LogP contribution is 2.14. The van der Waals surface area contributed by atoms with Crippen molar-refractivity contribution in [3.63, 3.8) is 0 Å². The number of esters is 1. The van der Waals surface area contributed by atoms with Crippen LogP contribution >= 0.6 is 0 Å². The van der Waals surface area contributed by atoms with Gasteiger partial charge in [0.05, 0.1) is 5.69 Å². The molecular formula is C20H20N2O4. The summed E-state index contributed by atoms with van der Waals surface area (Å²) in [4.78, 5) is 28.8. The zero-order valence-electron chi connectivity index (χ0n) is 14.7. The van der Waals surface area contributed by atoms with Gasteiger partial charge < -0.3 is 9.47 Å². The minimum atomic E-state index is -0.707. The fraction of sp³-hybridized carbons (Fsp3) is 0.250. The van der Waals surface area contributed by atoms with E-state index in [4.69, 9.17) is 9.47 Å². The summed E-state index contributed by atoms with van der Waals surface area (Å²) >= 11 is 0. The summed E-state index contributed by atoms with van der Waals surface area (Å²) in [7, 11) is 0. The molecule has 0 fully saturated rings. The number of aromatic nitrogens is 2.